The van der Waals surface area contributed by atoms with E-state index in [0.717, 1.165) is 25.7 Å². The van der Waals surface area contributed by atoms with Gasteiger partial charge in [-0.25, -0.2) is 0 Å². The molecule has 0 unspecified atom stereocenters. The minimum absolute atomic E-state index is 1.14. The standard InChI is InChI=1S/C62H66N2/c1-3-5-7-9-19-45-29-35-51(36-30-45)63(53-39-33-47-21-11-13-23-49(47)41-53)61-43-59-56-26-16-18-28-58(56)62(44-60(59)55-25-15-17-27-57(55)61)64(54-40-34-48-22-12-14-24-50(48)42-54)52-37-31-46(32-38-52)20-10-8-6-4-2/h15-18,25-44H,3-14,19-24H2,1-2H3. The minimum atomic E-state index is 1.14. The van der Waals surface area contributed by atoms with Crippen molar-refractivity contribution in [3.05, 3.63) is 179 Å². The van der Waals surface area contributed by atoms with Crippen LogP contribution >= 0.6 is 0 Å². The second-order valence-electron chi connectivity index (χ2n) is 18.9. The van der Waals surface area contributed by atoms with E-state index in [1.54, 1.807) is 0 Å². The highest BCUT2D eigenvalue weighted by Gasteiger charge is 2.24. The zero-order chi connectivity index (χ0) is 43.2. The summed E-state index contributed by atoms with van der Waals surface area (Å²) in [5.74, 6) is 0. The van der Waals surface area contributed by atoms with E-state index < -0.39 is 0 Å². The third-order valence-corrected chi connectivity index (χ3v) is 14.5. The van der Waals surface area contributed by atoms with E-state index in [-0.39, 0.29) is 0 Å². The van der Waals surface area contributed by atoms with E-state index in [0.29, 0.717) is 0 Å². The lowest BCUT2D eigenvalue weighted by Crippen LogP contribution is -2.13. The lowest BCUT2D eigenvalue weighted by molar-refractivity contribution is 0.667. The molecule has 8 aromatic carbocycles. The van der Waals surface area contributed by atoms with Crippen molar-refractivity contribution in [3.8, 4) is 0 Å². The zero-order valence-corrected chi connectivity index (χ0v) is 38.5. The van der Waals surface area contributed by atoms with Crippen LogP contribution in [0.2, 0.25) is 0 Å². The highest BCUT2D eigenvalue weighted by Crippen LogP contribution is 2.48. The maximum atomic E-state index is 2.56. The molecule has 2 heteroatoms. The molecule has 0 aliphatic heterocycles. The number of anilines is 6. The van der Waals surface area contributed by atoms with Crippen molar-refractivity contribution in [3.63, 3.8) is 0 Å². The third-order valence-electron chi connectivity index (χ3n) is 14.5. The summed E-state index contributed by atoms with van der Waals surface area (Å²) in [7, 11) is 0. The van der Waals surface area contributed by atoms with Crippen LogP contribution in [0.3, 0.4) is 0 Å². The Morgan fingerprint density at radius 2 is 0.703 bits per heavy atom. The molecule has 2 aliphatic rings. The van der Waals surface area contributed by atoms with E-state index in [2.05, 4.69) is 169 Å². The van der Waals surface area contributed by atoms with Gasteiger partial charge in [0.05, 0.1) is 11.4 Å². The molecule has 0 atom stereocenters. The maximum Gasteiger partial charge on any atom is 0.0546 e. The van der Waals surface area contributed by atoms with Gasteiger partial charge < -0.3 is 9.80 Å². The molecule has 8 aromatic rings. The van der Waals surface area contributed by atoms with Crippen molar-refractivity contribution in [1.29, 1.82) is 0 Å². The second-order valence-corrected chi connectivity index (χ2v) is 18.9. The van der Waals surface area contributed by atoms with Crippen LogP contribution < -0.4 is 9.80 Å². The first-order valence-corrected chi connectivity index (χ1v) is 25.1. The summed E-state index contributed by atoms with van der Waals surface area (Å²) in [5.41, 5.74) is 16.3. The average Bonchev–Trinajstić information content (AvgIpc) is 3.35. The Labute approximate surface area is 383 Å². The number of hydrogen-bond donors (Lipinski definition) is 0. The van der Waals surface area contributed by atoms with Gasteiger partial charge in [-0.2, -0.15) is 0 Å². The first-order valence-electron chi connectivity index (χ1n) is 25.1. The van der Waals surface area contributed by atoms with Gasteiger partial charge in [-0.1, -0.05) is 137 Å². The summed E-state index contributed by atoms with van der Waals surface area (Å²) in [5, 5.41) is 7.68. The molecule has 0 radical (unpaired) electrons. The van der Waals surface area contributed by atoms with Gasteiger partial charge in [0.2, 0.25) is 0 Å². The predicted octanol–water partition coefficient (Wildman–Crippen LogP) is 18.1. The Morgan fingerprint density at radius 3 is 1.11 bits per heavy atom. The molecule has 0 heterocycles. The first kappa shape index (κ1) is 42.1. The van der Waals surface area contributed by atoms with Crippen LogP contribution in [0.1, 0.15) is 124 Å². The van der Waals surface area contributed by atoms with Crippen molar-refractivity contribution >= 4 is 66.4 Å². The molecule has 324 valence electrons. The number of rotatable bonds is 16. The second kappa shape index (κ2) is 19.5. The number of benzene rings is 8. The quantitative estimate of drug-likeness (QED) is 0.0706. The molecular formula is C62H66N2. The highest BCUT2D eigenvalue weighted by molar-refractivity contribution is 6.24. The van der Waals surface area contributed by atoms with E-state index in [9.17, 15) is 0 Å². The highest BCUT2D eigenvalue weighted by atomic mass is 15.2. The van der Waals surface area contributed by atoms with Gasteiger partial charge in [0.1, 0.15) is 0 Å². The number of aryl methyl sites for hydroxylation is 6. The van der Waals surface area contributed by atoms with Crippen LogP contribution in [-0.2, 0) is 38.5 Å². The molecule has 0 N–H and O–H groups in total. The fourth-order valence-electron chi connectivity index (χ4n) is 11.0. The molecule has 0 saturated heterocycles. The fourth-order valence-corrected chi connectivity index (χ4v) is 11.0. The number of unbranched alkanes of at least 4 members (excludes halogenated alkanes) is 6. The van der Waals surface area contributed by atoms with Crippen molar-refractivity contribution in [2.75, 3.05) is 9.80 Å². The molecule has 64 heavy (non-hydrogen) atoms. The average molecular weight is 839 g/mol. The maximum absolute atomic E-state index is 2.56. The lowest BCUT2D eigenvalue weighted by Gasteiger charge is -2.31. The SMILES string of the molecule is CCCCCCc1ccc(N(c2ccc3c(c2)CCCC3)c2cc3c4ccccc4c(N(c4ccc(CCCCCC)cc4)c4ccc5c(c4)CCCC5)cc3c3ccccc23)cc1. The summed E-state index contributed by atoms with van der Waals surface area (Å²) in [6.45, 7) is 4.59. The Hall–Kier alpha value is -5.86. The fraction of sp³-hybridized carbons (Fsp3) is 0.323. The summed E-state index contributed by atoms with van der Waals surface area (Å²) in [4.78, 5) is 5.12. The van der Waals surface area contributed by atoms with Gasteiger partial charge in [-0.05, 0) is 193 Å². The predicted molar refractivity (Wildman–Crippen MR) is 277 cm³/mol. The number of hydrogen-bond acceptors (Lipinski definition) is 2. The van der Waals surface area contributed by atoms with Crippen LogP contribution in [0, 0.1) is 0 Å². The molecule has 2 nitrogen and oxygen atoms in total. The van der Waals surface area contributed by atoms with Crippen LogP contribution in [0.5, 0.6) is 0 Å². The molecule has 10 rings (SSSR count). The van der Waals surface area contributed by atoms with E-state index >= 15 is 0 Å². The van der Waals surface area contributed by atoms with Gasteiger partial charge >= 0.3 is 0 Å². The van der Waals surface area contributed by atoms with Crippen molar-refractivity contribution in [2.45, 2.75) is 129 Å². The molecule has 0 fully saturated rings. The van der Waals surface area contributed by atoms with Crippen LogP contribution in [0.15, 0.2) is 146 Å². The summed E-state index contributed by atoms with van der Waals surface area (Å²) in [6, 6.07) is 57.0. The van der Waals surface area contributed by atoms with Crippen LogP contribution in [0.4, 0.5) is 34.1 Å². The van der Waals surface area contributed by atoms with E-state index in [1.807, 2.05) is 0 Å². The molecule has 0 aromatic heterocycles. The molecule has 0 amide bonds. The molecule has 0 saturated carbocycles. The molecule has 2 aliphatic carbocycles. The summed E-state index contributed by atoms with van der Waals surface area (Å²) >= 11 is 0. The Kier molecular flexibility index (Phi) is 12.8. The first-order chi connectivity index (χ1) is 31.7. The van der Waals surface area contributed by atoms with Gasteiger partial charge in [0.25, 0.3) is 0 Å². The molecule has 0 spiro atoms. The smallest absolute Gasteiger partial charge is 0.0546 e. The molecule has 0 bridgehead atoms. The monoisotopic (exact) mass is 839 g/mol. The number of nitrogens with zero attached hydrogens (tertiary/aromatic N) is 2. The van der Waals surface area contributed by atoms with Crippen molar-refractivity contribution < 1.29 is 0 Å². The lowest BCUT2D eigenvalue weighted by atomic mass is 9.90. The van der Waals surface area contributed by atoms with Gasteiger partial charge in [0, 0.05) is 33.5 Å². The normalized spacial score (nSPS) is 13.6. The largest absolute Gasteiger partial charge is 0.310 e. The van der Waals surface area contributed by atoms with E-state index in [4.69, 9.17) is 0 Å². The van der Waals surface area contributed by atoms with Crippen LogP contribution in [-0.4, -0.2) is 0 Å². The van der Waals surface area contributed by atoms with Crippen molar-refractivity contribution in [1.82, 2.24) is 0 Å². The molecular weight excluding hydrogens is 773 g/mol. The Bertz CT molecular complexity index is 2670. The Balaban J connectivity index is 1.15. The van der Waals surface area contributed by atoms with Gasteiger partial charge in [-0.15, -0.1) is 0 Å². The zero-order valence-electron chi connectivity index (χ0n) is 38.5. The Morgan fingerprint density at radius 1 is 0.328 bits per heavy atom. The van der Waals surface area contributed by atoms with E-state index in [1.165, 1.54) is 190 Å². The van der Waals surface area contributed by atoms with Gasteiger partial charge in [0.15, 0.2) is 0 Å². The topological polar surface area (TPSA) is 6.48 Å². The van der Waals surface area contributed by atoms with Gasteiger partial charge in [-0.3, -0.25) is 0 Å². The van der Waals surface area contributed by atoms with Crippen molar-refractivity contribution in [2.24, 2.45) is 0 Å². The summed E-state index contributed by atoms with van der Waals surface area (Å²) < 4.78 is 0. The van der Waals surface area contributed by atoms with Crippen LogP contribution in [0.25, 0.3) is 32.3 Å². The summed E-state index contributed by atoms with van der Waals surface area (Å²) in [6.07, 6.45) is 22.3. The number of fused-ring (bicyclic) bond motifs is 7. The minimum Gasteiger partial charge on any atom is -0.310 e. The third kappa shape index (κ3) is 8.69.